The summed E-state index contributed by atoms with van der Waals surface area (Å²) in [5.74, 6) is 0.00962. The highest BCUT2D eigenvalue weighted by Gasteiger charge is 2.21. The van der Waals surface area contributed by atoms with Crippen molar-refractivity contribution in [3.05, 3.63) is 96.1 Å². The summed E-state index contributed by atoms with van der Waals surface area (Å²) in [7, 11) is 4.46. The predicted octanol–water partition coefficient (Wildman–Crippen LogP) is 5.84. The average molecular weight is 588 g/mol. The standard InChI is InChI=1S/C31H33N5O5S/c1-35(2)27-13-14-28(24(17-27)20-37)33-32-25-10-7-11-26(19-25)34-42(39,40)30-18-22(12-15-29(30)41-5)21-8-6-9-23(16-21)31(38)36(3)4/h6-19,34,37H,20H2,1-5H3/b33-32-. The van der Waals surface area contributed by atoms with E-state index in [-0.39, 0.29) is 28.8 Å². The van der Waals surface area contributed by atoms with Gasteiger partial charge in [0.25, 0.3) is 15.9 Å². The van der Waals surface area contributed by atoms with Gasteiger partial charge in [0.1, 0.15) is 10.6 Å². The molecule has 4 rings (SSSR count). The van der Waals surface area contributed by atoms with E-state index in [1.165, 1.54) is 18.1 Å². The van der Waals surface area contributed by atoms with Crippen LogP contribution in [0.3, 0.4) is 0 Å². The number of anilines is 2. The molecular formula is C31H33N5O5S. The summed E-state index contributed by atoms with van der Waals surface area (Å²) in [6.07, 6.45) is 0. The minimum atomic E-state index is -4.09. The number of aliphatic hydroxyl groups is 1. The topological polar surface area (TPSA) is 124 Å². The molecule has 0 unspecified atom stereocenters. The summed E-state index contributed by atoms with van der Waals surface area (Å²) in [6.45, 7) is -0.201. The average Bonchev–Trinajstić information content (AvgIpc) is 2.99. The summed E-state index contributed by atoms with van der Waals surface area (Å²) in [6, 6.07) is 23.8. The highest BCUT2D eigenvalue weighted by molar-refractivity contribution is 7.92. The van der Waals surface area contributed by atoms with Crippen LogP contribution in [0.2, 0.25) is 0 Å². The lowest BCUT2D eigenvalue weighted by Crippen LogP contribution is -2.21. The summed E-state index contributed by atoms with van der Waals surface area (Å²) in [4.78, 5) is 15.8. The van der Waals surface area contributed by atoms with Gasteiger partial charge < -0.3 is 19.6 Å². The predicted molar refractivity (Wildman–Crippen MR) is 165 cm³/mol. The van der Waals surface area contributed by atoms with Gasteiger partial charge in [-0.15, -0.1) is 0 Å². The van der Waals surface area contributed by atoms with Crippen molar-refractivity contribution in [2.45, 2.75) is 11.5 Å². The molecule has 0 fully saturated rings. The highest BCUT2D eigenvalue weighted by Crippen LogP contribution is 2.33. The number of nitrogens with zero attached hydrogens (tertiary/aromatic N) is 4. The second-order valence-corrected chi connectivity index (χ2v) is 11.5. The van der Waals surface area contributed by atoms with Crippen molar-refractivity contribution in [2.24, 2.45) is 10.2 Å². The normalized spacial score (nSPS) is 11.4. The molecule has 0 atom stereocenters. The van der Waals surface area contributed by atoms with E-state index in [1.54, 1.807) is 74.8 Å². The minimum absolute atomic E-state index is 0.0626. The number of carbonyl (C=O) groups excluding carboxylic acids is 1. The fourth-order valence-corrected chi connectivity index (χ4v) is 5.43. The third-order valence-corrected chi connectivity index (χ3v) is 7.83. The first-order chi connectivity index (χ1) is 20.0. The van der Waals surface area contributed by atoms with Crippen LogP contribution in [-0.2, 0) is 16.6 Å². The van der Waals surface area contributed by atoms with Crippen LogP contribution < -0.4 is 14.4 Å². The Morgan fingerprint density at radius 2 is 1.62 bits per heavy atom. The van der Waals surface area contributed by atoms with Gasteiger partial charge in [0, 0.05) is 45.0 Å². The zero-order chi connectivity index (χ0) is 30.4. The Morgan fingerprint density at radius 3 is 2.31 bits per heavy atom. The number of rotatable bonds is 10. The van der Waals surface area contributed by atoms with Crippen LogP contribution in [0.1, 0.15) is 15.9 Å². The second-order valence-electron chi connectivity index (χ2n) is 9.87. The van der Waals surface area contributed by atoms with Gasteiger partial charge in [-0.1, -0.05) is 24.3 Å². The van der Waals surface area contributed by atoms with E-state index in [4.69, 9.17) is 4.74 Å². The van der Waals surface area contributed by atoms with Crippen molar-refractivity contribution in [1.82, 2.24) is 4.90 Å². The molecule has 0 bridgehead atoms. The number of aliphatic hydroxyl groups excluding tert-OH is 1. The van der Waals surface area contributed by atoms with Crippen molar-refractivity contribution < 1.29 is 23.1 Å². The Labute approximate surface area is 246 Å². The molecule has 2 N–H and O–H groups in total. The van der Waals surface area contributed by atoms with Gasteiger partial charge in [0.2, 0.25) is 0 Å². The maximum Gasteiger partial charge on any atom is 0.265 e. The molecule has 0 aliphatic rings. The van der Waals surface area contributed by atoms with E-state index >= 15 is 0 Å². The van der Waals surface area contributed by atoms with Crippen LogP contribution in [0.25, 0.3) is 11.1 Å². The first-order valence-corrected chi connectivity index (χ1v) is 14.5. The molecule has 4 aromatic carbocycles. The maximum absolute atomic E-state index is 13.6. The monoisotopic (exact) mass is 587 g/mol. The fourth-order valence-electron chi connectivity index (χ4n) is 4.18. The third kappa shape index (κ3) is 6.93. The minimum Gasteiger partial charge on any atom is -0.495 e. The summed E-state index contributed by atoms with van der Waals surface area (Å²) in [5.41, 5.74) is 4.52. The molecule has 4 aromatic rings. The van der Waals surface area contributed by atoms with Gasteiger partial charge in [-0.25, -0.2) is 8.42 Å². The second kappa shape index (κ2) is 12.8. The molecule has 0 aliphatic carbocycles. The zero-order valence-corrected chi connectivity index (χ0v) is 24.9. The Hall–Kier alpha value is -4.74. The molecule has 10 nitrogen and oxygen atoms in total. The van der Waals surface area contributed by atoms with E-state index in [2.05, 4.69) is 15.0 Å². The quantitative estimate of drug-likeness (QED) is 0.225. The van der Waals surface area contributed by atoms with Crippen LogP contribution in [0, 0.1) is 0 Å². The number of hydrogen-bond acceptors (Lipinski definition) is 8. The van der Waals surface area contributed by atoms with Crippen molar-refractivity contribution in [1.29, 1.82) is 0 Å². The lowest BCUT2D eigenvalue weighted by atomic mass is 10.0. The lowest BCUT2D eigenvalue weighted by Gasteiger charge is -2.15. The number of carbonyl (C=O) groups is 1. The maximum atomic E-state index is 13.6. The first kappa shape index (κ1) is 30.2. The Bertz CT molecular complexity index is 1740. The smallest absolute Gasteiger partial charge is 0.265 e. The van der Waals surface area contributed by atoms with Crippen molar-refractivity contribution >= 4 is 38.7 Å². The van der Waals surface area contributed by atoms with E-state index in [0.29, 0.717) is 33.6 Å². The van der Waals surface area contributed by atoms with E-state index in [1.807, 2.05) is 37.2 Å². The summed E-state index contributed by atoms with van der Waals surface area (Å²) < 4.78 is 35.1. The molecule has 0 spiro atoms. The number of methoxy groups -OCH3 is 1. The van der Waals surface area contributed by atoms with E-state index in [9.17, 15) is 18.3 Å². The van der Waals surface area contributed by atoms with Gasteiger partial charge in [-0.05, 0) is 71.8 Å². The molecule has 1 amide bonds. The van der Waals surface area contributed by atoms with Gasteiger partial charge in [0.15, 0.2) is 0 Å². The van der Waals surface area contributed by atoms with Crippen LogP contribution >= 0.6 is 0 Å². The molecule has 0 aliphatic heterocycles. The van der Waals surface area contributed by atoms with Crippen LogP contribution in [0.15, 0.2) is 100 Å². The van der Waals surface area contributed by atoms with Crippen molar-refractivity contribution in [3.63, 3.8) is 0 Å². The molecule has 0 radical (unpaired) electrons. The number of ether oxygens (including phenoxy) is 1. The van der Waals surface area contributed by atoms with Gasteiger partial charge >= 0.3 is 0 Å². The van der Waals surface area contributed by atoms with Gasteiger partial charge in [-0.3, -0.25) is 9.52 Å². The number of azo groups is 1. The lowest BCUT2D eigenvalue weighted by molar-refractivity contribution is 0.0827. The SMILES string of the molecule is COc1ccc(-c2cccc(C(=O)N(C)C)c2)cc1S(=O)(=O)Nc1cccc(/N=N\c2ccc(N(C)C)cc2CO)c1. The summed E-state index contributed by atoms with van der Waals surface area (Å²) >= 11 is 0. The molecule has 42 heavy (non-hydrogen) atoms. The highest BCUT2D eigenvalue weighted by atomic mass is 32.2. The van der Waals surface area contributed by atoms with Crippen molar-refractivity contribution in [3.8, 4) is 16.9 Å². The first-order valence-electron chi connectivity index (χ1n) is 13.0. The number of sulfonamides is 1. The van der Waals surface area contributed by atoms with E-state index in [0.717, 1.165) is 5.69 Å². The number of hydrogen-bond donors (Lipinski definition) is 2. The molecule has 0 aromatic heterocycles. The Morgan fingerprint density at radius 1 is 0.881 bits per heavy atom. The molecular weight excluding hydrogens is 554 g/mol. The zero-order valence-electron chi connectivity index (χ0n) is 24.1. The number of nitrogens with one attached hydrogen (secondary N) is 1. The number of amides is 1. The Kier molecular flexibility index (Phi) is 9.24. The van der Waals surface area contributed by atoms with Crippen LogP contribution in [-0.4, -0.2) is 59.6 Å². The molecule has 0 heterocycles. The van der Waals surface area contributed by atoms with E-state index < -0.39 is 10.0 Å². The molecule has 0 saturated heterocycles. The third-order valence-electron chi connectivity index (χ3n) is 6.42. The molecule has 0 saturated carbocycles. The number of benzene rings is 4. The van der Waals surface area contributed by atoms with Gasteiger partial charge in [0.05, 0.1) is 30.8 Å². The fraction of sp³-hybridized carbons (Fsp3) is 0.194. The largest absolute Gasteiger partial charge is 0.495 e. The molecule has 218 valence electrons. The van der Waals surface area contributed by atoms with Gasteiger partial charge in [-0.2, -0.15) is 10.2 Å². The Balaban J connectivity index is 1.62. The van der Waals surface area contributed by atoms with Crippen molar-refractivity contribution in [2.75, 3.05) is 44.9 Å². The van der Waals surface area contributed by atoms with Crippen LogP contribution in [0.4, 0.5) is 22.7 Å². The summed E-state index contributed by atoms with van der Waals surface area (Å²) in [5, 5.41) is 18.3. The molecule has 11 heteroatoms. The van der Waals surface area contributed by atoms with Crippen LogP contribution in [0.5, 0.6) is 5.75 Å².